The molecule has 1 aliphatic heterocycles. The molecular weight excluding hydrogens is 146 g/mol. The van der Waals surface area contributed by atoms with E-state index in [0.29, 0.717) is 0 Å². The summed E-state index contributed by atoms with van der Waals surface area (Å²) >= 11 is 3.74. The third kappa shape index (κ3) is 1.24. The number of hydrogen-bond donors (Lipinski definition) is 2. The molecule has 0 aromatic rings. The van der Waals surface area contributed by atoms with Gasteiger partial charge in [0.2, 0.25) is 5.12 Å². The highest BCUT2D eigenvalue weighted by molar-refractivity contribution is 7.96. The number of thiol groups is 1. The van der Waals surface area contributed by atoms with Gasteiger partial charge in [0.05, 0.1) is 0 Å². The normalized spacial score (nSPS) is 29.8. The zero-order chi connectivity index (χ0) is 7.61. The van der Waals surface area contributed by atoms with Gasteiger partial charge in [0, 0.05) is 0 Å². The summed E-state index contributed by atoms with van der Waals surface area (Å²) in [5, 5.41) is 2.73. The second-order valence-corrected chi connectivity index (χ2v) is 2.78. The molecule has 0 bridgehead atoms. The van der Waals surface area contributed by atoms with Gasteiger partial charge in [0.15, 0.2) is 0 Å². The Morgan fingerprint density at radius 1 is 1.60 bits per heavy atom. The number of allylic oxidation sites excluding steroid dienone is 2. The molecule has 0 saturated carbocycles. The van der Waals surface area contributed by atoms with Gasteiger partial charge in [0.1, 0.15) is 5.54 Å². The van der Waals surface area contributed by atoms with Crippen LogP contribution in [0.1, 0.15) is 6.92 Å². The Bertz CT molecular complexity index is 210. The van der Waals surface area contributed by atoms with Gasteiger partial charge in [-0.15, -0.1) is 12.6 Å². The van der Waals surface area contributed by atoms with E-state index in [9.17, 15) is 4.79 Å². The van der Waals surface area contributed by atoms with E-state index in [0.717, 1.165) is 0 Å². The van der Waals surface area contributed by atoms with E-state index >= 15 is 0 Å². The summed E-state index contributed by atoms with van der Waals surface area (Å²) in [5.41, 5.74) is -0.613. The van der Waals surface area contributed by atoms with Crippen molar-refractivity contribution in [1.82, 2.24) is 5.32 Å². The van der Waals surface area contributed by atoms with Crippen LogP contribution < -0.4 is 5.32 Å². The standard InChI is InChI=1S/C7H9NOS/c1-7(6(9)10)4-2-3-5-8-7/h2-5,8H,1H3,(H,9,10). The summed E-state index contributed by atoms with van der Waals surface area (Å²) < 4.78 is 0. The lowest BCUT2D eigenvalue weighted by Gasteiger charge is -2.24. The van der Waals surface area contributed by atoms with Crippen molar-refractivity contribution in [3.8, 4) is 0 Å². The van der Waals surface area contributed by atoms with Crippen molar-refractivity contribution in [3.05, 3.63) is 24.4 Å². The number of dihydropyridines is 1. The lowest BCUT2D eigenvalue weighted by Crippen LogP contribution is -2.43. The van der Waals surface area contributed by atoms with Gasteiger partial charge < -0.3 is 5.32 Å². The largest absolute Gasteiger partial charge is 0.375 e. The molecule has 0 aliphatic carbocycles. The van der Waals surface area contributed by atoms with Crippen molar-refractivity contribution in [1.29, 1.82) is 0 Å². The maximum Gasteiger partial charge on any atom is 0.214 e. The van der Waals surface area contributed by atoms with E-state index in [2.05, 4.69) is 17.9 Å². The predicted octanol–water partition coefficient (Wildman–Crippen LogP) is 0.875. The average molecular weight is 155 g/mol. The fourth-order valence-electron chi connectivity index (χ4n) is 0.706. The van der Waals surface area contributed by atoms with E-state index < -0.39 is 5.54 Å². The molecule has 3 heteroatoms. The van der Waals surface area contributed by atoms with Gasteiger partial charge in [-0.25, -0.2) is 0 Å². The van der Waals surface area contributed by atoms with Crippen LogP contribution in [0.5, 0.6) is 0 Å². The molecule has 2 nitrogen and oxygen atoms in total. The molecule has 0 fully saturated rings. The van der Waals surface area contributed by atoms with Crippen molar-refractivity contribution in [2.45, 2.75) is 12.5 Å². The Labute approximate surface area is 65.4 Å². The molecule has 0 aromatic heterocycles. The van der Waals surface area contributed by atoms with Gasteiger partial charge >= 0.3 is 0 Å². The van der Waals surface area contributed by atoms with Crippen LogP contribution >= 0.6 is 12.6 Å². The lowest BCUT2D eigenvalue weighted by atomic mass is 10.0. The molecule has 54 valence electrons. The topological polar surface area (TPSA) is 29.1 Å². The quantitative estimate of drug-likeness (QED) is 0.550. The van der Waals surface area contributed by atoms with Gasteiger partial charge in [-0.3, -0.25) is 4.79 Å². The second kappa shape index (κ2) is 2.50. The van der Waals surface area contributed by atoms with Crippen LogP contribution in [0.2, 0.25) is 0 Å². The Morgan fingerprint density at radius 2 is 2.30 bits per heavy atom. The van der Waals surface area contributed by atoms with Gasteiger partial charge in [-0.2, -0.15) is 0 Å². The van der Waals surface area contributed by atoms with Crippen molar-refractivity contribution in [2.75, 3.05) is 0 Å². The summed E-state index contributed by atoms with van der Waals surface area (Å²) in [6.07, 6.45) is 7.17. The van der Waals surface area contributed by atoms with Crippen LogP contribution in [0.4, 0.5) is 0 Å². The third-order valence-corrected chi connectivity index (χ3v) is 1.93. The zero-order valence-corrected chi connectivity index (χ0v) is 6.56. The van der Waals surface area contributed by atoms with Crippen LogP contribution in [0.3, 0.4) is 0 Å². The number of hydrogen-bond acceptors (Lipinski definition) is 2. The zero-order valence-electron chi connectivity index (χ0n) is 5.66. The van der Waals surface area contributed by atoms with E-state index in [1.165, 1.54) is 0 Å². The highest BCUT2D eigenvalue weighted by Crippen LogP contribution is 2.12. The lowest BCUT2D eigenvalue weighted by molar-refractivity contribution is -0.114. The second-order valence-electron chi connectivity index (χ2n) is 2.37. The summed E-state index contributed by atoms with van der Waals surface area (Å²) in [6.45, 7) is 1.78. The molecule has 0 aromatic carbocycles. The number of nitrogens with one attached hydrogen (secondary N) is 1. The number of carbonyl (C=O) groups is 1. The first kappa shape index (κ1) is 7.41. The minimum Gasteiger partial charge on any atom is -0.375 e. The van der Waals surface area contributed by atoms with E-state index in [1.807, 2.05) is 12.2 Å². The minimum atomic E-state index is -0.613. The van der Waals surface area contributed by atoms with Gasteiger partial charge in [-0.05, 0) is 19.2 Å². The smallest absolute Gasteiger partial charge is 0.214 e. The molecule has 0 radical (unpaired) electrons. The highest BCUT2D eigenvalue weighted by atomic mass is 32.1. The summed E-state index contributed by atoms with van der Waals surface area (Å²) in [7, 11) is 0. The van der Waals surface area contributed by atoms with Gasteiger partial charge in [-0.1, -0.05) is 12.2 Å². The van der Waals surface area contributed by atoms with E-state index in [4.69, 9.17) is 0 Å². The maximum absolute atomic E-state index is 10.8. The number of carbonyl (C=O) groups excluding carboxylic acids is 1. The van der Waals surface area contributed by atoms with Gasteiger partial charge in [0.25, 0.3) is 0 Å². The molecule has 1 N–H and O–H groups in total. The fraction of sp³-hybridized carbons (Fsp3) is 0.286. The Hall–Kier alpha value is -0.700. The molecule has 1 aliphatic rings. The van der Waals surface area contributed by atoms with Crippen molar-refractivity contribution in [2.24, 2.45) is 0 Å². The fourth-order valence-corrected chi connectivity index (χ4v) is 0.845. The predicted molar refractivity (Wildman–Crippen MR) is 43.8 cm³/mol. The molecule has 1 unspecified atom stereocenters. The highest BCUT2D eigenvalue weighted by Gasteiger charge is 2.26. The minimum absolute atomic E-state index is 0.173. The maximum atomic E-state index is 10.8. The van der Waals surface area contributed by atoms with Crippen molar-refractivity contribution in [3.63, 3.8) is 0 Å². The summed E-state index contributed by atoms with van der Waals surface area (Å²) in [6, 6.07) is 0. The molecule has 1 heterocycles. The van der Waals surface area contributed by atoms with Crippen molar-refractivity contribution < 1.29 is 4.79 Å². The monoisotopic (exact) mass is 155 g/mol. The van der Waals surface area contributed by atoms with E-state index in [-0.39, 0.29) is 5.12 Å². The summed E-state index contributed by atoms with van der Waals surface area (Å²) in [5.74, 6) is 0. The Kier molecular flexibility index (Phi) is 1.85. The Morgan fingerprint density at radius 3 is 2.60 bits per heavy atom. The number of rotatable bonds is 1. The molecule has 0 saturated heterocycles. The molecule has 0 amide bonds. The van der Waals surface area contributed by atoms with Crippen LogP contribution in [0.15, 0.2) is 24.4 Å². The molecule has 1 atom stereocenters. The first-order valence-electron chi connectivity index (χ1n) is 3.01. The first-order chi connectivity index (χ1) is 4.65. The SMILES string of the molecule is CC1(C(=O)S)C=CC=CN1. The average Bonchev–Trinajstić information content (AvgIpc) is 1.89. The van der Waals surface area contributed by atoms with E-state index in [1.54, 1.807) is 19.2 Å². The van der Waals surface area contributed by atoms with Crippen LogP contribution in [-0.2, 0) is 4.79 Å². The third-order valence-electron chi connectivity index (χ3n) is 1.46. The first-order valence-corrected chi connectivity index (χ1v) is 3.45. The van der Waals surface area contributed by atoms with Crippen LogP contribution in [0, 0.1) is 0 Å². The molecule has 1 rings (SSSR count). The summed E-state index contributed by atoms with van der Waals surface area (Å²) in [4.78, 5) is 10.8. The molecule has 10 heavy (non-hydrogen) atoms. The Balaban J connectivity index is 2.80. The van der Waals surface area contributed by atoms with Crippen molar-refractivity contribution >= 4 is 17.7 Å². The molecular formula is C7H9NOS. The van der Waals surface area contributed by atoms with Crippen LogP contribution in [0.25, 0.3) is 0 Å². The van der Waals surface area contributed by atoms with Crippen LogP contribution in [-0.4, -0.2) is 10.7 Å². The molecule has 0 spiro atoms.